The van der Waals surface area contributed by atoms with Crippen LogP contribution in [0.4, 0.5) is 0 Å². The summed E-state index contributed by atoms with van der Waals surface area (Å²) in [6.07, 6.45) is 0.664. The second-order valence-corrected chi connectivity index (χ2v) is 7.79. The summed E-state index contributed by atoms with van der Waals surface area (Å²) in [7, 11) is 0. The number of aryl methyl sites for hydroxylation is 2. The van der Waals surface area contributed by atoms with E-state index in [0.29, 0.717) is 6.42 Å². The summed E-state index contributed by atoms with van der Waals surface area (Å²) in [6, 6.07) is 6.27. The SMILES string of the molecule is CCOC(=O)C(C)NC(=O)C(C)NC(=O)CCc1c(C)nc2c3ccccc3nn2c1C. The molecule has 32 heavy (non-hydrogen) atoms. The van der Waals surface area contributed by atoms with Crippen molar-refractivity contribution in [3.05, 3.63) is 41.2 Å². The van der Waals surface area contributed by atoms with E-state index >= 15 is 0 Å². The fourth-order valence-corrected chi connectivity index (χ4v) is 3.62. The average molecular weight is 440 g/mol. The van der Waals surface area contributed by atoms with E-state index < -0.39 is 24.0 Å². The number of rotatable bonds is 8. The zero-order valence-electron chi connectivity index (χ0n) is 19.1. The van der Waals surface area contributed by atoms with Gasteiger partial charge in [-0.15, -0.1) is 0 Å². The number of hydrogen-bond donors (Lipinski definition) is 2. The van der Waals surface area contributed by atoms with Crippen LogP contribution in [0.15, 0.2) is 24.3 Å². The van der Waals surface area contributed by atoms with Crippen molar-refractivity contribution in [2.75, 3.05) is 6.61 Å². The first-order chi connectivity index (χ1) is 15.2. The lowest BCUT2D eigenvalue weighted by molar-refractivity contribution is -0.147. The Balaban J connectivity index is 1.63. The van der Waals surface area contributed by atoms with Crippen LogP contribution in [0.5, 0.6) is 0 Å². The number of hydrogen-bond acceptors (Lipinski definition) is 6. The molecule has 2 aromatic heterocycles. The molecule has 0 saturated heterocycles. The third kappa shape index (κ3) is 4.87. The third-order valence-corrected chi connectivity index (χ3v) is 5.39. The molecule has 9 nitrogen and oxygen atoms in total. The summed E-state index contributed by atoms with van der Waals surface area (Å²) in [5, 5.41) is 10.8. The fraction of sp³-hybridized carbons (Fsp3) is 0.435. The summed E-state index contributed by atoms with van der Waals surface area (Å²) >= 11 is 0. The first-order valence-electron chi connectivity index (χ1n) is 10.7. The minimum absolute atomic E-state index is 0.195. The van der Waals surface area contributed by atoms with Crippen LogP contribution in [0.3, 0.4) is 0 Å². The van der Waals surface area contributed by atoms with E-state index in [9.17, 15) is 14.4 Å². The van der Waals surface area contributed by atoms with Crippen LogP contribution >= 0.6 is 0 Å². The lowest BCUT2D eigenvalue weighted by atomic mass is 10.1. The van der Waals surface area contributed by atoms with Gasteiger partial charge in [0, 0.05) is 23.2 Å². The maximum absolute atomic E-state index is 12.5. The van der Waals surface area contributed by atoms with Gasteiger partial charge in [-0.05, 0) is 58.7 Å². The first-order valence-corrected chi connectivity index (χ1v) is 10.7. The molecule has 9 heteroatoms. The molecule has 0 radical (unpaired) electrons. The molecule has 1 aromatic carbocycles. The lowest BCUT2D eigenvalue weighted by Crippen LogP contribution is -2.49. The van der Waals surface area contributed by atoms with E-state index in [1.54, 1.807) is 13.8 Å². The summed E-state index contributed by atoms with van der Waals surface area (Å²) in [5.41, 5.74) is 4.40. The Bertz CT molecular complexity index is 1170. The Morgan fingerprint density at radius 1 is 1.09 bits per heavy atom. The number of amides is 2. The molecule has 2 heterocycles. The van der Waals surface area contributed by atoms with Gasteiger partial charge in [-0.25, -0.2) is 14.3 Å². The molecule has 2 unspecified atom stereocenters. The second-order valence-electron chi connectivity index (χ2n) is 7.79. The molecular formula is C23H29N5O4. The van der Waals surface area contributed by atoms with Gasteiger partial charge in [-0.1, -0.05) is 12.1 Å². The number of nitrogens with one attached hydrogen (secondary N) is 2. The lowest BCUT2D eigenvalue weighted by Gasteiger charge is -2.18. The van der Waals surface area contributed by atoms with Crippen molar-refractivity contribution < 1.29 is 19.1 Å². The molecule has 0 spiro atoms. The molecule has 3 aromatic rings. The van der Waals surface area contributed by atoms with Gasteiger partial charge in [0.2, 0.25) is 11.8 Å². The number of nitrogens with zero attached hydrogens (tertiary/aromatic N) is 3. The van der Waals surface area contributed by atoms with Gasteiger partial charge in [0.25, 0.3) is 0 Å². The van der Waals surface area contributed by atoms with Crippen molar-refractivity contribution in [2.45, 2.75) is 59.5 Å². The molecule has 0 aliphatic heterocycles. The fourth-order valence-electron chi connectivity index (χ4n) is 3.62. The first kappa shape index (κ1) is 23.2. The van der Waals surface area contributed by atoms with Crippen molar-refractivity contribution in [1.29, 1.82) is 0 Å². The van der Waals surface area contributed by atoms with Gasteiger partial charge in [-0.3, -0.25) is 9.59 Å². The Kier molecular flexibility index (Phi) is 7.07. The highest BCUT2D eigenvalue weighted by Crippen LogP contribution is 2.22. The van der Waals surface area contributed by atoms with E-state index in [-0.39, 0.29) is 18.9 Å². The monoisotopic (exact) mass is 439 g/mol. The highest BCUT2D eigenvalue weighted by molar-refractivity contribution is 5.92. The molecule has 2 atom stereocenters. The van der Waals surface area contributed by atoms with E-state index in [1.807, 2.05) is 42.6 Å². The van der Waals surface area contributed by atoms with Crippen LogP contribution in [-0.2, 0) is 25.5 Å². The zero-order valence-corrected chi connectivity index (χ0v) is 19.1. The standard InChI is InChI=1S/C23H29N5O4/c1-6-32-23(31)15(4)26-22(30)14(3)24-20(29)12-11-17-13(2)25-21-18-9-7-8-10-19(18)27-28(21)16(17)5/h7-10,14-15H,6,11-12H2,1-5H3,(H,24,29)(H,26,30). The maximum Gasteiger partial charge on any atom is 0.328 e. The van der Waals surface area contributed by atoms with Crippen LogP contribution in [0, 0.1) is 13.8 Å². The van der Waals surface area contributed by atoms with Gasteiger partial charge in [-0.2, -0.15) is 5.10 Å². The average Bonchev–Trinajstić information content (AvgIpc) is 3.12. The Labute approximate surface area is 186 Å². The maximum atomic E-state index is 12.5. The smallest absolute Gasteiger partial charge is 0.328 e. The second kappa shape index (κ2) is 9.76. The molecule has 0 bridgehead atoms. The number of ether oxygens (including phenoxy) is 1. The van der Waals surface area contributed by atoms with E-state index in [0.717, 1.165) is 33.5 Å². The van der Waals surface area contributed by atoms with Crippen LogP contribution in [-0.4, -0.2) is 51.1 Å². The zero-order chi connectivity index (χ0) is 23.4. The highest BCUT2D eigenvalue weighted by atomic mass is 16.5. The molecule has 2 N–H and O–H groups in total. The van der Waals surface area contributed by atoms with Gasteiger partial charge in [0.15, 0.2) is 5.65 Å². The number of aromatic nitrogens is 3. The van der Waals surface area contributed by atoms with E-state index in [2.05, 4.69) is 15.7 Å². The molecule has 0 aliphatic carbocycles. The van der Waals surface area contributed by atoms with Crippen molar-refractivity contribution >= 4 is 34.3 Å². The van der Waals surface area contributed by atoms with Crippen LogP contribution in [0.25, 0.3) is 16.6 Å². The van der Waals surface area contributed by atoms with Crippen molar-refractivity contribution in [3.8, 4) is 0 Å². The summed E-state index contributed by atoms with van der Waals surface area (Å²) in [6.45, 7) is 8.94. The predicted octanol–water partition coefficient (Wildman–Crippen LogP) is 2.00. The normalized spacial score (nSPS) is 13.0. The molecule has 2 amide bonds. The molecule has 3 rings (SSSR count). The Hall–Kier alpha value is -3.49. The third-order valence-electron chi connectivity index (χ3n) is 5.39. The van der Waals surface area contributed by atoms with E-state index in [1.165, 1.54) is 6.92 Å². The topological polar surface area (TPSA) is 115 Å². The Morgan fingerprint density at radius 2 is 1.81 bits per heavy atom. The molecule has 0 fully saturated rings. The molecule has 0 aliphatic rings. The number of fused-ring (bicyclic) bond motifs is 3. The predicted molar refractivity (Wildman–Crippen MR) is 120 cm³/mol. The van der Waals surface area contributed by atoms with Crippen molar-refractivity contribution in [2.24, 2.45) is 0 Å². The van der Waals surface area contributed by atoms with Gasteiger partial charge in [0.05, 0.1) is 12.1 Å². The Morgan fingerprint density at radius 3 is 2.53 bits per heavy atom. The van der Waals surface area contributed by atoms with Crippen molar-refractivity contribution in [3.63, 3.8) is 0 Å². The number of carbonyl (C=O) groups is 3. The summed E-state index contributed by atoms with van der Waals surface area (Å²) < 4.78 is 6.69. The van der Waals surface area contributed by atoms with Crippen LogP contribution < -0.4 is 10.6 Å². The van der Waals surface area contributed by atoms with Gasteiger partial charge < -0.3 is 15.4 Å². The summed E-state index contributed by atoms with van der Waals surface area (Å²) in [5.74, 6) is -1.22. The van der Waals surface area contributed by atoms with Crippen molar-refractivity contribution in [1.82, 2.24) is 25.2 Å². The quantitative estimate of drug-likeness (QED) is 0.519. The molecular weight excluding hydrogens is 410 g/mol. The van der Waals surface area contributed by atoms with Gasteiger partial charge in [0.1, 0.15) is 12.1 Å². The van der Waals surface area contributed by atoms with Crippen LogP contribution in [0.1, 0.15) is 44.1 Å². The highest BCUT2D eigenvalue weighted by Gasteiger charge is 2.22. The minimum atomic E-state index is -0.783. The van der Waals surface area contributed by atoms with Gasteiger partial charge >= 0.3 is 5.97 Å². The molecule has 170 valence electrons. The number of benzene rings is 1. The number of carbonyl (C=O) groups excluding carboxylic acids is 3. The summed E-state index contributed by atoms with van der Waals surface area (Å²) in [4.78, 5) is 41.1. The largest absolute Gasteiger partial charge is 0.464 e. The van der Waals surface area contributed by atoms with E-state index in [4.69, 9.17) is 9.72 Å². The van der Waals surface area contributed by atoms with Crippen LogP contribution in [0.2, 0.25) is 0 Å². The molecule has 0 saturated carbocycles. The number of esters is 1. The minimum Gasteiger partial charge on any atom is -0.464 e.